The normalized spacial score (nSPS) is 21.9. The third kappa shape index (κ3) is 4.63. The summed E-state index contributed by atoms with van der Waals surface area (Å²) in [6.45, 7) is 0.472. The predicted molar refractivity (Wildman–Crippen MR) is 123 cm³/mol. The minimum Gasteiger partial charge on any atom is -0.480 e. The SMILES string of the molecule is O=C(N[C@H]1CCO[C@H]1C(=O)NC(CC1CC1)C(=O)O)OCC1c2ccccc2-c2ccccc21. The van der Waals surface area contributed by atoms with Crippen LogP contribution in [0, 0.1) is 5.92 Å². The van der Waals surface area contributed by atoms with Crippen LogP contribution < -0.4 is 10.6 Å². The van der Waals surface area contributed by atoms with E-state index in [-0.39, 0.29) is 12.5 Å². The molecule has 8 heteroatoms. The summed E-state index contributed by atoms with van der Waals surface area (Å²) in [5, 5.41) is 14.7. The van der Waals surface area contributed by atoms with Crippen molar-refractivity contribution in [2.45, 2.75) is 49.8 Å². The van der Waals surface area contributed by atoms with Crippen molar-refractivity contribution in [2.24, 2.45) is 5.92 Å². The molecule has 2 aliphatic carbocycles. The maximum Gasteiger partial charge on any atom is 0.407 e. The lowest BCUT2D eigenvalue weighted by atomic mass is 9.98. The Bertz CT molecular complexity index is 1050. The Hall–Kier alpha value is -3.39. The van der Waals surface area contributed by atoms with Gasteiger partial charge in [-0.15, -0.1) is 0 Å². The van der Waals surface area contributed by atoms with Gasteiger partial charge in [0, 0.05) is 12.5 Å². The van der Waals surface area contributed by atoms with E-state index < -0.39 is 36.2 Å². The number of nitrogens with one attached hydrogen (secondary N) is 2. The Labute approximate surface area is 197 Å². The number of amides is 2. The molecule has 3 atom stereocenters. The van der Waals surface area contributed by atoms with Crippen LogP contribution in [0.2, 0.25) is 0 Å². The fourth-order valence-corrected chi connectivity index (χ4v) is 4.95. The second-order valence-corrected chi connectivity index (χ2v) is 9.23. The lowest BCUT2D eigenvalue weighted by Gasteiger charge is -2.22. The Kier molecular flexibility index (Phi) is 6.24. The molecule has 1 heterocycles. The Morgan fingerprint density at radius 1 is 1.00 bits per heavy atom. The van der Waals surface area contributed by atoms with Gasteiger partial charge in [0.05, 0.1) is 6.04 Å². The van der Waals surface area contributed by atoms with Gasteiger partial charge in [-0.1, -0.05) is 61.4 Å². The highest BCUT2D eigenvalue weighted by Gasteiger charge is 2.39. The molecule has 34 heavy (non-hydrogen) atoms. The van der Waals surface area contributed by atoms with Gasteiger partial charge in [0.15, 0.2) is 6.10 Å². The number of carbonyl (C=O) groups is 3. The van der Waals surface area contributed by atoms with Gasteiger partial charge in [0.2, 0.25) is 0 Å². The van der Waals surface area contributed by atoms with Crippen LogP contribution >= 0.6 is 0 Å². The Morgan fingerprint density at radius 2 is 1.65 bits per heavy atom. The number of carbonyl (C=O) groups excluding carboxylic acids is 2. The van der Waals surface area contributed by atoms with Gasteiger partial charge >= 0.3 is 12.1 Å². The van der Waals surface area contributed by atoms with Crippen LogP contribution in [0.1, 0.15) is 42.7 Å². The van der Waals surface area contributed by atoms with Crippen LogP contribution in [-0.2, 0) is 19.1 Å². The number of aliphatic carboxylic acids is 1. The summed E-state index contributed by atoms with van der Waals surface area (Å²) in [6.07, 6.45) is 1.28. The molecule has 0 radical (unpaired) electrons. The molecule has 0 aromatic heterocycles. The first-order valence-corrected chi connectivity index (χ1v) is 11.8. The number of carboxylic acid groups (broad SMARTS) is 1. The molecule has 2 amide bonds. The van der Waals surface area contributed by atoms with Crippen molar-refractivity contribution in [3.05, 3.63) is 59.7 Å². The van der Waals surface area contributed by atoms with Crippen molar-refractivity contribution in [2.75, 3.05) is 13.2 Å². The summed E-state index contributed by atoms with van der Waals surface area (Å²) in [5.74, 6) is -1.29. The molecule has 2 fully saturated rings. The molecule has 1 saturated heterocycles. The first-order valence-electron chi connectivity index (χ1n) is 11.8. The van der Waals surface area contributed by atoms with Gasteiger partial charge in [-0.25, -0.2) is 9.59 Å². The monoisotopic (exact) mass is 464 g/mol. The zero-order chi connectivity index (χ0) is 23.7. The van der Waals surface area contributed by atoms with Gasteiger partial charge in [0.1, 0.15) is 12.6 Å². The number of hydrogen-bond donors (Lipinski definition) is 3. The molecular weight excluding hydrogens is 436 g/mol. The van der Waals surface area contributed by atoms with Crippen LogP contribution in [0.4, 0.5) is 4.79 Å². The van der Waals surface area contributed by atoms with Crippen molar-refractivity contribution in [1.29, 1.82) is 0 Å². The highest BCUT2D eigenvalue weighted by Crippen LogP contribution is 2.44. The number of ether oxygens (including phenoxy) is 2. The number of carboxylic acids is 1. The summed E-state index contributed by atoms with van der Waals surface area (Å²) >= 11 is 0. The minimum absolute atomic E-state index is 0.0594. The Balaban J connectivity index is 1.18. The lowest BCUT2D eigenvalue weighted by Crippen LogP contribution is -2.52. The summed E-state index contributed by atoms with van der Waals surface area (Å²) in [4.78, 5) is 36.8. The largest absolute Gasteiger partial charge is 0.480 e. The first-order chi connectivity index (χ1) is 16.5. The summed E-state index contributed by atoms with van der Waals surface area (Å²) in [6, 6.07) is 14.7. The average molecular weight is 465 g/mol. The molecule has 5 rings (SSSR count). The van der Waals surface area contributed by atoms with Gasteiger partial charge in [-0.2, -0.15) is 0 Å². The summed E-state index contributed by atoms with van der Waals surface area (Å²) in [5.41, 5.74) is 4.53. The molecule has 3 aliphatic rings. The molecule has 178 valence electrons. The fourth-order valence-electron chi connectivity index (χ4n) is 4.95. The smallest absolute Gasteiger partial charge is 0.407 e. The molecule has 1 aliphatic heterocycles. The topological polar surface area (TPSA) is 114 Å². The molecule has 1 unspecified atom stereocenters. The van der Waals surface area contributed by atoms with E-state index in [2.05, 4.69) is 22.8 Å². The fraction of sp³-hybridized carbons (Fsp3) is 0.423. The molecule has 0 spiro atoms. The maximum atomic E-state index is 12.7. The van der Waals surface area contributed by atoms with E-state index >= 15 is 0 Å². The third-order valence-electron chi connectivity index (χ3n) is 6.88. The number of rotatable bonds is 8. The van der Waals surface area contributed by atoms with Crippen LogP contribution in [0.3, 0.4) is 0 Å². The molecule has 0 bridgehead atoms. The second kappa shape index (κ2) is 9.46. The third-order valence-corrected chi connectivity index (χ3v) is 6.88. The van der Waals surface area contributed by atoms with E-state index in [0.717, 1.165) is 35.1 Å². The zero-order valence-corrected chi connectivity index (χ0v) is 18.7. The van der Waals surface area contributed by atoms with Crippen molar-refractivity contribution in [3.8, 4) is 11.1 Å². The van der Waals surface area contributed by atoms with Gasteiger partial charge < -0.3 is 25.2 Å². The van der Waals surface area contributed by atoms with E-state index in [0.29, 0.717) is 25.4 Å². The van der Waals surface area contributed by atoms with Gasteiger partial charge in [-0.3, -0.25) is 4.79 Å². The predicted octanol–water partition coefficient (Wildman–Crippen LogP) is 3.05. The van der Waals surface area contributed by atoms with E-state index in [1.54, 1.807) is 0 Å². The van der Waals surface area contributed by atoms with Crippen molar-refractivity contribution in [1.82, 2.24) is 10.6 Å². The van der Waals surface area contributed by atoms with E-state index in [4.69, 9.17) is 9.47 Å². The summed E-state index contributed by atoms with van der Waals surface area (Å²) in [7, 11) is 0. The van der Waals surface area contributed by atoms with Gasteiger partial charge in [0.25, 0.3) is 5.91 Å². The number of fused-ring (bicyclic) bond motifs is 3. The standard InChI is InChI=1S/C26H28N2O6/c29-24(27-22(25(30)31)13-15-9-10-15)23-21(11-12-33-23)28-26(32)34-14-20-18-7-3-1-5-16(18)17-6-2-4-8-19(17)20/h1-8,15,20-23H,9-14H2,(H,27,29)(H,28,32)(H,30,31)/t21-,22?,23+/m0/s1. The van der Waals surface area contributed by atoms with Crippen LogP contribution in [0.15, 0.2) is 48.5 Å². The number of benzene rings is 2. The zero-order valence-electron chi connectivity index (χ0n) is 18.7. The van der Waals surface area contributed by atoms with Crippen molar-refractivity contribution in [3.63, 3.8) is 0 Å². The maximum absolute atomic E-state index is 12.7. The average Bonchev–Trinajstić information content (AvgIpc) is 3.43. The first kappa shape index (κ1) is 22.4. The van der Waals surface area contributed by atoms with E-state index in [1.165, 1.54) is 0 Å². The highest BCUT2D eigenvalue weighted by atomic mass is 16.6. The quantitative estimate of drug-likeness (QED) is 0.553. The molecule has 2 aromatic rings. The highest BCUT2D eigenvalue weighted by molar-refractivity contribution is 5.87. The van der Waals surface area contributed by atoms with Crippen molar-refractivity contribution >= 4 is 18.0 Å². The lowest BCUT2D eigenvalue weighted by molar-refractivity contribution is -0.144. The molecule has 3 N–H and O–H groups in total. The molecular formula is C26H28N2O6. The Morgan fingerprint density at radius 3 is 2.26 bits per heavy atom. The van der Waals surface area contributed by atoms with Crippen LogP contribution in [0.5, 0.6) is 0 Å². The van der Waals surface area contributed by atoms with Crippen LogP contribution in [0.25, 0.3) is 11.1 Å². The van der Waals surface area contributed by atoms with Crippen LogP contribution in [-0.4, -0.2) is 54.5 Å². The number of alkyl carbamates (subject to hydrolysis) is 1. The summed E-state index contributed by atoms with van der Waals surface area (Å²) < 4.78 is 11.1. The molecule has 1 saturated carbocycles. The number of hydrogen-bond acceptors (Lipinski definition) is 5. The minimum atomic E-state index is -1.06. The van der Waals surface area contributed by atoms with E-state index in [9.17, 15) is 19.5 Å². The second-order valence-electron chi connectivity index (χ2n) is 9.23. The molecule has 8 nitrogen and oxygen atoms in total. The van der Waals surface area contributed by atoms with Crippen molar-refractivity contribution < 1.29 is 29.0 Å². The van der Waals surface area contributed by atoms with E-state index in [1.807, 2.05) is 36.4 Å². The van der Waals surface area contributed by atoms with Gasteiger partial charge in [-0.05, 0) is 41.0 Å². The molecule has 2 aromatic carbocycles.